The quantitative estimate of drug-likeness (QED) is 0.607. The highest BCUT2D eigenvalue weighted by Gasteiger charge is 2.22. The van der Waals surface area contributed by atoms with Gasteiger partial charge in [-0.05, 0) is 5.41 Å². The Morgan fingerprint density at radius 3 is 1.89 bits per heavy atom. The van der Waals surface area contributed by atoms with Gasteiger partial charge in [-0.15, -0.1) is 0 Å². The van der Waals surface area contributed by atoms with Crippen LogP contribution in [0.1, 0.15) is 20.8 Å². The van der Waals surface area contributed by atoms with Crippen LogP contribution in [0.4, 0.5) is 0 Å². The molecule has 0 aliphatic rings. The van der Waals surface area contributed by atoms with E-state index in [-0.39, 0.29) is 11.5 Å². The van der Waals surface area contributed by atoms with E-state index in [1.165, 1.54) is 0 Å². The van der Waals surface area contributed by atoms with Crippen LogP contribution in [0.3, 0.4) is 0 Å². The van der Waals surface area contributed by atoms with Crippen LogP contribution in [0.2, 0.25) is 0 Å². The average molecular weight is 131 g/mol. The first-order valence-electron chi connectivity index (χ1n) is 3.25. The highest BCUT2D eigenvalue weighted by atomic mass is 16.5. The minimum Gasteiger partial charge on any atom is -0.380 e. The van der Waals surface area contributed by atoms with Crippen molar-refractivity contribution in [2.75, 3.05) is 13.7 Å². The predicted molar refractivity (Wildman–Crippen MR) is 39.3 cm³/mol. The van der Waals surface area contributed by atoms with Crippen LogP contribution in [0, 0.1) is 5.41 Å². The second-order valence-corrected chi connectivity index (χ2v) is 3.33. The minimum absolute atomic E-state index is 0.170. The zero-order valence-electron chi connectivity index (χ0n) is 6.77. The molecule has 0 amide bonds. The molecular weight excluding hydrogens is 114 g/mol. The first-order valence-corrected chi connectivity index (χ1v) is 3.25. The molecule has 1 unspecified atom stereocenters. The summed E-state index contributed by atoms with van der Waals surface area (Å²) in [5.41, 5.74) is 5.61. The van der Waals surface area contributed by atoms with Gasteiger partial charge in [0, 0.05) is 13.7 Å². The lowest BCUT2D eigenvalue weighted by Gasteiger charge is -2.27. The van der Waals surface area contributed by atoms with Crippen molar-refractivity contribution in [3.63, 3.8) is 0 Å². The highest BCUT2D eigenvalue weighted by Crippen LogP contribution is 2.20. The molecule has 0 rings (SSSR count). The maximum absolute atomic E-state index is 5.44. The van der Waals surface area contributed by atoms with Crippen molar-refractivity contribution >= 4 is 0 Å². The molecule has 1 atom stereocenters. The topological polar surface area (TPSA) is 35.2 Å². The molecule has 0 radical (unpaired) electrons. The molecular formula is C7H17NO. The van der Waals surface area contributed by atoms with Crippen molar-refractivity contribution in [2.45, 2.75) is 26.9 Å². The Bertz CT molecular complexity index is 71.5. The van der Waals surface area contributed by atoms with Crippen molar-refractivity contribution in [1.82, 2.24) is 0 Å². The summed E-state index contributed by atoms with van der Waals surface area (Å²) in [4.78, 5) is 0. The number of methoxy groups -OCH3 is 1. The van der Waals surface area contributed by atoms with Crippen molar-refractivity contribution in [2.24, 2.45) is 11.1 Å². The van der Waals surface area contributed by atoms with Gasteiger partial charge in [0.1, 0.15) is 0 Å². The van der Waals surface area contributed by atoms with Gasteiger partial charge in [0.05, 0.1) is 6.10 Å². The first kappa shape index (κ1) is 8.92. The number of nitrogens with two attached hydrogens (primary N) is 1. The molecule has 0 spiro atoms. The normalized spacial score (nSPS) is 15.7. The van der Waals surface area contributed by atoms with E-state index in [1.54, 1.807) is 7.11 Å². The molecule has 2 nitrogen and oxygen atoms in total. The van der Waals surface area contributed by atoms with Gasteiger partial charge < -0.3 is 10.5 Å². The predicted octanol–water partition coefficient (Wildman–Crippen LogP) is 1.01. The largest absolute Gasteiger partial charge is 0.380 e. The second kappa shape index (κ2) is 3.18. The van der Waals surface area contributed by atoms with Gasteiger partial charge in [-0.1, -0.05) is 20.8 Å². The smallest absolute Gasteiger partial charge is 0.0741 e. The van der Waals surface area contributed by atoms with Gasteiger partial charge in [-0.2, -0.15) is 0 Å². The molecule has 0 aromatic rings. The Balaban J connectivity index is 3.79. The molecule has 0 saturated carbocycles. The maximum Gasteiger partial charge on any atom is 0.0741 e. The average Bonchev–Trinajstić information content (AvgIpc) is 1.65. The van der Waals surface area contributed by atoms with Gasteiger partial charge in [0.25, 0.3) is 0 Å². The zero-order valence-corrected chi connectivity index (χ0v) is 6.77. The van der Waals surface area contributed by atoms with Crippen molar-refractivity contribution in [3.05, 3.63) is 0 Å². The lowest BCUT2D eigenvalue weighted by Crippen LogP contribution is -2.35. The van der Waals surface area contributed by atoms with Crippen molar-refractivity contribution in [1.29, 1.82) is 0 Å². The van der Waals surface area contributed by atoms with E-state index in [0.29, 0.717) is 6.54 Å². The summed E-state index contributed by atoms with van der Waals surface area (Å²) >= 11 is 0. The standard InChI is InChI=1S/C7H17NO/c1-7(2,3)6(5-8)9-4/h6H,5,8H2,1-4H3. The summed E-state index contributed by atoms with van der Waals surface area (Å²) in [7, 11) is 1.70. The molecule has 0 saturated heterocycles. The molecule has 0 bridgehead atoms. The lowest BCUT2D eigenvalue weighted by molar-refractivity contribution is 0.0238. The molecule has 0 aromatic carbocycles. The fourth-order valence-corrected chi connectivity index (χ4v) is 0.803. The van der Waals surface area contributed by atoms with Crippen LogP contribution in [0.25, 0.3) is 0 Å². The summed E-state index contributed by atoms with van der Waals surface area (Å²) in [6.45, 7) is 6.95. The SMILES string of the molecule is COC(CN)C(C)(C)C. The third kappa shape index (κ3) is 2.82. The lowest BCUT2D eigenvalue weighted by atomic mass is 9.89. The van der Waals surface area contributed by atoms with E-state index >= 15 is 0 Å². The Morgan fingerprint density at radius 2 is 1.89 bits per heavy atom. The molecule has 0 fully saturated rings. The van der Waals surface area contributed by atoms with E-state index in [0.717, 1.165) is 0 Å². The molecule has 9 heavy (non-hydrogen) atoms. The summed E-state index contributed by atoms with van der Waals surface area (Å²) in [6.07, 6.45) is 0.178. The second-order valence-electron chi connectivity index (χ2n) is 3.33. The van der Waals surface area contributed by atoms with Gasteiger partial charge in [0.15, 0.2) is 0 Å². The molecule has 0 aromatic heterocycles. The molecule has 56 valence electrons. The fraction of sp³-hybridized carbons (Fsp3) is 1.00. The zero-order chi connectivity index (χ0) is 7.49. The van der Waals surface area contributed by atoms with Crippen LogP contribution in [0.5, 0.6) is 0 Å². The van der Waals surface area contributed by atoms with Gasteiger partial charge in [0.2, 0.25) is 0 Å². The van der Waals surface area contributed by atoms with E-state index in [4.69, 9.17) is 10.5 Å². The number of ether oxygens (including phenoxy) is 1. The molecule has 2 heteroatoms. The molecule has 0 aliphatic carbocycles. The van der Waals surface area contributed by atoms with Crippen LogP contribution >= 0.6 is 0 Å². The van der Waals surface area contributed by atoms with E-state index in [1.807, 2.05) is 0 Å². The summed E-state index contributed by atoms with van der Waals surface area (Å²) in [5.74, 6) is 0. The number of rotatable bonds is 2. The van der Waals surface area contributed by atoms with Gasteiger partial charge in [-0.3, -0.25) is 0 Å². The van der Waals surface area contributed by atoms with Gasteiger partial charge in [-0.25, -0.2) is 0 Å². The summed E-state index contributed by atoms with van der Waals surface area (Å²) in [6, 6.07) is 0. The van der Waals surface area contributed by atoms with E-state index < -0.39 is 0 Å². The van der Waals surface area contributed by atoms with Crippen LogP contribution < -0.4 is 5.73 Å². The summed E-state index contributed by atoms with van der Waals surface area (Å²) in [5, 5.41) is 0. The number of hydrogen-bond acceptors (Lipinski definition) is 2. The molecule has 2 N–H and O–H groups in total. The van der Waals surface area contributed by atoms with Crippen LogP contribution in [-0.4, -0.2) is 19.8 Å². The Morgan fingerprint density at radius 1 is 1.44 bits per heavy atom. The first-order chi connectivity index (χ1) is 4.02. The Labute approximate surface area is 57.4 Å². The van der Waals surface area contributed by atoms with Gasteiger partial charge >= 0.3 is 0 Å². The highest BCUT2D eigenvalue weighted by molar-refractivity contribution is 4.74. The van der Waals surface area contributed by atoms with E-state index in [9.17, 15) is 0 Å². The molecule has 0 heterocycles. The van der Waals surface area contributed by atoms with E-state index in [2.05, 4.69) is 20.8 Å². The van der Waals surface area contributed by atoms with Crippen LogP contribution in [-0.2, 0) is 4.74 Å². The van der Waals surface area contributed by atoms with Crippen LogP contribution in [0.15, 0.2) is 0 Å². The monoisotopic (exact) mass is 131 g/mol. The maximum atomic E-state index is 5.44. The third-order valence-electron chi connectivity index (χ3n) is 1.46. The fourth-order valence-electron chi connectivity index (χ4n) is 0.803. The third-order valence-corrected chi connectivity index (χ3v) is 1.46. The minimum atomic E-state index is 0.170. The van der Waals surface area contributed by atoms with Crippen molar-refractivity contribution < 1.29 is 4.74 Å². The Kier molecular flexibility index (Phi) is 3.15. The number of hydrogen-bond donors (Lipinski definition) is 1. The Hall–Kier alpha value is -0.0800. The molecule has 0 aliphatic heterocycles. The van der Waals surface area contributed by atoms with Crippen molar-refractivity contribution in [3.8, 4) is 0 Å². The summed E-state index contributed by atoms with van der Waals surface area (Å²) < 4.78 is 5.14.